The fraction of sp³-hybridized carbons (Fsp3) is 0.105. The van der Waals surface area contributed by atoms with Gasteiger partial charge in [0.15, 0.2) is 0 Å². The van der Waals surface area contributed by atoms with E-state index in [9.17, 15) is 13.2 Å². The number of rotatable bonds is 5. The summed E-state index contributed by atoms with van der Waals surface area (Å²) < 4.78 is 27.7. The number of halogens is 3. The first-order valence-electron chi connectivity index (χ1n) is 8.14. The lowest BCUT2D eigenvalue weighted by Gasteiger charge is -2.16. The lowest BCUT2D eigenvalue weighted by molar-refractivity contribution is -0.117. The van der Waals surface area contributed by atoms with Crippen molar-refractivity contribution in [1.82, 2.24) is 4.72 Å². The molecule has 2 N–H and O–H groups in total. The van der Waals surface area contributed by atoms with Gasteiger partial charge in [0.05, 0.1) is 31.7 Å². The van der Waals surface area contributed by atoms with Gasteiger partial charge in [-0.05, 0) is 42.0 Å². The van der Waals surface area contributed by atoms with Gasteiger partial charge in [0, 0.05) is 0 Å². The molecule has 0 aliphatic carbocycles. The van der Waals surface area contributed by atoms with Crippen LogP contribution in [0.25, 0.3) is 10.8 Å². The molecule has 0 aliphatic heterocycles. The Labute approximate surface area is 177 Å². The molecule has 0 saturated carbocycles. The minimum atomic E-state index is -3.90. The van der Waals surface area contributed by atoms with E-state index in [0.29, 0.717) is 0 Å². The highest BCUT2D eigenvalue weighted by atomic mass is 35.5. The van der Waals surface area contributed by atoms with E-state index in [2.05, 4.69) is 10.0 Å². The molecular weight excluding hydrogens is 443 g/mol. The van der Waals surface area contributed by atoms with Gasteiger partial charge in [-0.1, -0.05) is 65.1 Å². The van der Waals surface area contributed by atoms with Gasteiger partial charge >= 0.3 is 0 Å². The van der Waals surface area contributed by atoms with Gasteiger partial charge in [0.2, 0.25) is 15.9 Å². The summed E-state index contributed by atoms with van der Waals surface area (Å²) in [6.45, 7) is 1.43. The Hall–Kier alpha value is -1.83. The lowest BCUT2D eigenvalue weighted by Crippen LogP contribution is -2.41. The molecular formula is C19H15Cl3N2O3S. The van der Waals surface area contributed by atoms with Gasteiger partial charge in [0.25, 0.3) is 0 Å². The molecule has 1 atom stereocenters. The van der Waals surface area contributed by atoms with E-state index in [-0.39, 0.29) is 25.7 Å². The summed E-state index contributed by atoms with van der Waals surface area (Å²) in [5.41, 5.74) is 0.234. The molecule has 9 heteroatoms. The summed E-state index contributed by atoms with van der Waals surface area (Å²) >= 11 is 17.8. The maximum atomic E-state index is 12.7. The number of sulfonamides is 1. The van der Waals surface area contributed by atoms with Crippen LogP contribution in [0.5, 0.6) is 0 Å². The normalized spacial score (nSPS) is 12.7. The predicted octanol–water partition coefficient (Wildman–Crippen LogP) is 5.11. The average Bonchev–Trinajstić information content (AvgIpc) is 2.65. The molecule has 5 nitrogen and oxygen atoms in total. The summed E-state index contributed by atoms with van der Waals surface area (Å²) in [5, 5.41) is 4.89. The number of hydrogen-bond acceptors (Lipinski definition) is 3. The van der Waals surface area contributed by atoms with Crippen LogP contribution in [0.3, 0.4) is 0 Å². The number of amides is 1. The van der Waals surface area contributed by atoms with Gasteiger partial charge in [0.1, 0.15) is 0 Å². The third kappa shape index (κ3) is 4.59. The van der Waals surface area contributed by atoms with E-state index >= 15 is 0 Å². The number of anilines is 1. The minimum absolute atomic E-state index is 0.0680. The summed E-state index contributed by atoms with van der Waals surface area (Å²) in [7, 11) is -3.90. The zero-order valence-electron chi connectivity index (χ0n) is 14.5. The Bertz CT molecular complexity index is 1170. The summed E-state index contributed by atoms with van der Waals surface area (Å²) in [4.78, 5) is 12.5. The minimum Gasteiger partial charge on any atom is -0.323 e. The highest BCUT2D eigenvalue weighted by molar-refractivity contribution is 7.89. The molecule has 0 unspecified atom stereocenters. The van der Waals surface area contributed by atoms with E-state index < -0.39 is 22.0 Å². The molecule has 0 bridgehead atoms. The maximum Gasteiger partial charge on any atom is 0.242 e. The van der Waals surface area contributed by atoms with Crippen molar-refractivity contribution in [2.75, 3.05) is 5.32 Å². The number of nitrogens with one attached hydrogen (secondary N) is 2. The second-order valence-electron chi connectivity index (χ2n) is 6.09. The smallest absolute Gasteiger partial charge is 0.242 e. The Kier molecular flexibility index (Phi) is 6.17. The van der Waals surface area contributed by atoms with Crippen LogP contribution >= 0.6 is 34.8 Å². The molecule has 0 fully saturated rings. The third-order valence-electron chi connectivity index (χ3n) is 4.02. The second kappa shape index (κ2) is 8.27. The van der Waals surface area contributed by atoms with Crippen LogP contribution in [0.1, 0.15) is 6.92 Å². The van der Waals surface area contributed by atoms with Crippen molar-refractivity contribution >= 4 is 67.2 Å². The first-order valence-corrected chi connectivity index (χ1v) is 10.8. The average molecular weight is 458 g/mol. The van der Waals surface area contributed by atoms with Crippen LogP contribution in [-0.4, -0.2) is 20.4 Å². The van der Waals surface area contributed by atoms with Gasteiger partial charge in [-0.25, -0.2) is 8.42 Å². The zero-order valence-corrected chi connectivity index (χ0v) is 17.6. The molecule has 0 heterocycles. The molecule has 0 radical (unpaired) electrons. The Morgan fingerprint density at radius 1 is 0.893 bits per heavy atom. The summed E-state index contributed by atoms with van der Waals surface area (Å²) in [6, 6.07) is 13.9. The standard InChI is InChI=1S/C19H15Cl3N2O3S/c1-11(19(25)23-18-10-16(21)15(20)9-17(18)22)24-28(26,27)14-7-6-12-4-2-3-5-13(12)8-14/h2-11,24H,1H3,(H,23,25)/t11-/m0/s1. The van der Waals surface area contributed by atoms with Crippen LogP contribution in [0, 0.1) is 0 Å². The van der Waals surface area contributed by atoms with E-state index in [0.717, 1.165) is 10.8 Å². The molecule has 3 aromatic carbocycles. The van der Waals surface area contributed by atoms with Gasteiger partial charge in [-0.15, -0.1) is 0 Å². The largest absolute Gasteiger partial charge is 0.323 e. The topological polar surface area (TPSA) is 75.3 Å². The molecule has 0 aromatic heterocycles. The van der Waals surface area contributed by atoms with Crippen LogP contribution in [0.2, 0.25) is 15.1 Å². The van der Waals surface area contributed by atoms with Crippen molar-refractivity contribution in [2.24, 2.45) is 0 Å². The molecule has 146 valence electrons. The summed E-state index contributed by atoms with van der Waals surface area (Å²) in [5.74, 6) is -0.593. The van der Waals surface area contributed by atoms with E-state index in [1.807, 2.05) is 24.3 Å². The van der Waals surface area contributed by atoms with Crippen molar-refractivity contribution < 1.29 is 13.2 Å². The van der Waals surface area contributed by atoms with Crippen LogP contribution < -0.4 is 10.0 Å². The fourth-order valence-electron chi connectivity index (χ4n) is 2.55. The first-order chi connectivity index (χ1) is 13.2. The zero-order chi connectivity index (χ0) is 20.5. The van der Waals surface area contributed by atoms with E-state index in [1.165, 1.54) is 25.1 Å². The Morgan fingerprint density at radius 3 is 2.25 bits per heavy atom. The number of carbonyl (C=O) groups excluding carboxylic acids is 1. The first kappa shape index (κ1) is 20.9. The number of fused-ring (bicyclic) bond motifs is 1. The molecule has 28 heavy (non-hydrogen) atoms. The number of carbonyl (C=O) groups is 1. The quantitative estimate of drug-likeness (QED) is 0.523. The Balaban J connectivity index is 1.77. The van der Waals surface area contributed by atoms with Crippen LogP contribution in [0.15, 0.2) is 59.5 Å². The van der Waals surface area contributed by atoms with Gasteiger partial charge < -0.3 is 5.32 Å². The third-order valence-corrected chi connectivity index (χ3v) is 6.60. The predicted molar refractivity (Wildman–Crippen MR) is 114 cm³/mol. The van der Waals surface area contributed by atoms with E-state index in [1.54, 1.807) is 12.1 Å². The Morgan fingerprint density at radius 2 is 1.54 bits per heavy atom. The van der Waals surface area contributed by atoms with E-state index in [4.69, 9.17) is 34.8 Å². The molecule has 0 saturated heterocycles. The maximum absolute atomic E-state index is 12.7. The van der Waals surface area contributed by atoms with Crippen molar-refractivity contribution in [3.8, 4) is 0 Å². The SMILES string of the molecule is C[C@H](NS(=O)(=O)c1ccc2ccccc2c1)C(=O)Nc1cc(Cl)c(Cl)cc1Cl. The molecule has 3 aromatic rings. The van der Waals surface area contributed by atoms with Gasteiger partial charge in [-0.3, -0.25) is 4.79 Å². The molecule has 1 amide bonds. The van der Waals surface area contributed by atoms with Crippen molar-refractivity contribution in [3.05, 3.63) is 69.7 Å². The van der Waals surface area contributed by atoms with Crippen LogP contribution in [-0.2, 0) is 14.8 Å². The molecule has 0 spiro atoms. The monoisotopic (exact) mass is 456 g/mol. The number of hydrogen-bond donors (Lipinski definition) is 2. The summed E-state index contributed by atoms with van der Waals surface area (Å²) in [6.07, 6.45) is 0. The van der Waals surface area contributed by atoms with Crippen molar-refractivity contribution in [1.29, 1.82) is 0 Å². The second-order valence-corrected chi connectivity index (χ2v) is 9.02. The lowest BCUT2D eigenvalue weighted by atomic mass is 10.1. The highest BCUT2D eigenvalue weighted by Gasteiger charge is 2.23. The highest BCUT2D eigenvalue weighted by Crippen LogP contribution is 2.32. The van der Waals surface area contributed by atoms with Crippen molar-refractivity contribution in [3.63, 3.8) is 0 Å². The molecule has 0 aliphatic rings. The van der Waals surface area contributed by atoms with Crippen molar-refractivity contribution in [2.45, 2.75) is 17.9 Å². The van der Waals surface area contributed by atoms with Gasteiger partial charge in [-0.2, -0.15) is 4.72 Å². The van der Waals surface area contributed by atoms with Crippen LogP contribution in [0.4, 0.5) is 5.69 Å². The molecule has 3 rings (SSSR count). The number of benzene rings is 3. The fourth-order valence-corrected chi connectivity index (χ4v) is 4.38.